The predicted molar refractivity (Wildman–Crippen MR) is 139 cm³/mol. The first-order chi connectivity index (χ1) is 16.7. The zero-order valence-corrected chi connectivity index (χ0v) is 20.6. The SMILES string of the molecule is CN(C)C(=O)c1ccc(-c2ccc(C(=O)Nc3ccc(N4CCC(N(C)C)C4)c(F)c3)cc2)cc1. The summed E-state index contributed by atoms with van der Waals surface area (Å²) in [5, 5.41) is 2.79. The van der Waals surface area contributed by atoms with Crippen LogP contribution in [0.15, 0.2) is 66.7 Å². The fraction of sp³-hybridized carbons (Fsp3) is 0.286. The molecule has 1 atom stereocenters. The van der Waals surface area contributed by atoms with Crippen LogP contribution in [-0.4, -0.2) is 68.9 Å². The van der Waals surface area contributed by atoms with Gasteiger partial charge >= 0.3 is 0 Å². The molecule has 1 N–H and O–H groups in total. The number of amides is 2. The minimum atomic E-state index is -0.339. The number of halogens is 1. The van der Waals surface area contributed by atoms with Crippen molar-refractivity contribution in [1.82, 2.24) is 9.80 Å². The van der Waals surface area contributed by atoms with Gasteiger partial charge in [0, 0.05) is 50.0 Å². The van der Waals surface area contributed by atoms with E-state index in [9.17, 15) is 14.0 Å². The van der Waals surface area contributed by atoms with Gasteiger partial charge in [0.2, 0.25) is 0 Å². The van der Waals surface area contributed by atoms with E-state index in [-0.39, 0.29) is 17.6 Å². The van der Waals surface area contributed by atoms with Crippen LogP contribution in [0.2, 0.25) is 0 Å². The van der Waals surface area contributed by atoms with Crippen molar-refractivity contribution in [1.29, 1.82) is 0 Å². The van der Waals surface area contributed by atoms with Gasteiger partial charge in [-0.25, -0.2) is 4.39 Å². The molecule has 3 aromatic carbocycles. The topological polar surface area (TPSA) is 55.9 Å². The van der Waals surface area contributed by atoms with E-state index >= 15 is 0 Å². The second-order valence-electron chi connectivity index (χ2n) is 9.33. The smallest absolute Gasteiger partial charge is 0.255 e. The molecule has 0 aromatic heterocycles. The highest BCUT2D eigenvalue weighted by Gasteiger charge is 2.26. The molecule has 0 saturated carbocycles. The zero-order chi connectivity index (χ0) is 25.1. The monoisotopic (exact) mass is 474 g/mol. The van der Waals surface area contributed by atoms with Crippen LogP contribution in [0.1, 0.15) is 27.1 Å². The maximum Gasteiger partial charge on any atom is 0.255 e. The third-order valence-electron chi connectivity index (χ3n) is 6.46. The van der Waals surface area contributed by atoms with Crippen molar-refractivity contribution in [2.24, 2.45) is 0 Å². The Kier molecular flexibility index (Phi) is 7.17. The third kappa shape index (κ3) is 5.52. The van der Waals surface area contributed by atoms with Gasteiger partial charge in [0.1, 0.15) is 5.82 Å². The summed E-state index contributed by atoms with van der Waals surface area (Å²) in [5.74, 6) is -0.690. The van der Waals surface area contributed by atoms with Crippen LogP contribution in [0.4, 0.5) is 15.8 Å². The van der Waals surface area contributed by atoms with Crippen molar-refractivity contribution >= 4 is 23.2 Å². The number of carbonyl (C=O) groups excluding carboxylic acids is 2. The number of anilines is 2. The number of nitrogens with one attached hydrogen (secondary N) is 1. The quantitative estimate of drug-likeness (QED) is 0.568. The van der Waals surface area contributed by atoms with Gasteiger partial charge < -0.3 is 20.0 Å². The number of nitrogens with zero attached hydrogens (tertiary/aromatic N) is 3. The van der Waals surface area contributed by atoms with E-state index in [1.165, 1.54) is 11.0 Å². The van der Waals surface area contributed by atoms with Gasteiger partial charge in [-0.3, -0.25) is 9.59 Å². The van der Waals surface area contributed by atoms with Gasteiger partial charge in [-0.1, -0.05) is 24.3 Å². The van der Waals surface area contributed by atoms with Gasteiger partial charge in [-0.05, 0) is 74.1 Å². The molecule has 1 heterocycles. The molecule has 0 bridgehead atoms. The van der Waals surface area contributed by atoms with Gasteiger partial charge in [0.05, 0.1) is 5.69 Å². The van der Waals surface area contributed by atoms with E-state index in [0.717, 1.165) is 30.6 Å². The van der Waals surface area contributed by atoms with E-state index in [1.54, 1.807) is 50.5 Å². The summed E-state index contributed by atoms with van der Waals surface area (Å²) < 4.78 is 14.8. The molecule has 0 aliphatic carbocycles. The molecule has 1 fully saturated rings. The second kappa shape index (κ2) is 10.3. The van der Waals surface area contributed by atoms with E-state index in [2.05, 4.69) is 10.2 Å². The molecule has 4 rings (SSSR count). The molecule has 3 aromatic rings. The Balaban J connectivity index is 1.40. The standard InChI is InChI=1S/C28H31FN4O2/c1-31(2)24-15-16-33(18-24)26-14-13-23(17-25(26)29)30-27(34)21-9-5-19(6-10-21)20-7-11-22(12-8-20)28(35)32(3)4/h5-14,17,24H,15-16,18H2,1-4H3,(H,30,34). The molecule has 182 valence electrons. The first kappa shape index (κ1) is 24.4. The molecule has 1 aliphatic rings. The third-order valence-corrected chi connectivity index (χ3v) is 6.46. The number of likely N-dealkylation sites (N-methyl/N-ethyl adjacent to an activating group) is 1. The maximum absolute atomic E-state index is 14.8. The number of benzene rings is 3. The highest BCUT2D eigenvalue weighted by atomic mass is 19.1. The van der Waals surface area contributed by atoms with E-state index < -0.39 is 0 Å². The molecule has 35 heavy (non-hydrogen) atoms. The van der Waals surface area contributed by atoms with Crippen molar-refractivity contribution < 1.29 is 14.0 Å². The predicted octanol–water partition coefficient (Wildman–Crippen LogP) is 4.59. The zero-order valence-electron chi connectivity index (χ0n) is 20.6. The van der Waals surface area contributed by atoms with Crippen LogP contribution in [0.3, 0.4) is 0 Å². The molecule has 7 heteroatoms. The summed E-state index contributed by atoms with van der Waals surface area (Å²) >= 11 is 0. The molecule has 1 aliphatic heterocycles. The Morgan fingerprint density at radius 1 is 0.886 bits per heavy atom. The van der Waals surface area contributed by atoms with E-state index in [0.29, 0.717) is 28.5 Å². The van der Waals surface area contributed by atoms with Crippen molar-refractivity contribution in [2.75, 3.05) is 51.5 Å². The Hall–Kier alpha value is -3.71. The van der Waals surface area contributed by atoms with Gasteiger partial charge in [0.15, 0.2) is 0 Å². The van der Waals surface area contributed by atoms with Crippen LogP contribution in [0.25, 0.3) is 11.1 Å². The normalized spacial score (nSPS) is 15.4. The summed E-state index contributed by atoms with van der Waals surface area (Å²) in [7, 11) is 7.52. The van der Waals surface area contributed by atoms with Crippen molar-refractivity contribution in [3.05, 3.63) is 83.7 Å². The van der Waals surface area contributed by atoms with Crippen LogP contribution in [0.5, 0.6) is 0 Å². The highest BCUT2D eigenvalue weighted by Crippen LogP contribution is 2.28. The summed E-state index contributed by atoms with van der Waals surface area (Å²) in [6.07, 6.45) is 0.999. The minimum absolute atomic E-state index is 0.0498. The average Bonchev–Trinajstić information content (AvgIpc) is 3.34. The lowest BCUT2D eigenvalue weighted by Gasteiger charge is -2.22. The van der Waals surface area contributed by atoms with Crippen LogP contribution >= 0.6 is 0 Å². The molecule has 6 nitrogen and oxygen atoms in total. The van der Waals surface area contributed by atoms with E-state index in [1.807, 2.05) is 43.3 Å². The lowest BCUT2D eigenvalue weighted by molar-refractivity contribution is 0.0827. The molecule has 2 amide bonds. The number of rotatable bonds is 6. The van der Waals surface area contributed by atoms with Gasteiger partial charge in [0.25, 0.3) is 11.8 Å². The average molecular weight is 475 g/mol. The maximum atomic E-state index is 14.8. The number of hydrogen-bond donors (Lipinski definition) is 1. The Labute approximate surface area is 206 Å². The molecule has 0 radical (unpaired) electrons. The molecule has 1 unspecified atom stereocenters. The Morgan fingerprint density at radius 2 is 1.49 bits per heavy atom. The van der Waals surface area contributed by atoms with Gasteiger partial charge in [-0.15, -0.1) is 0 Å². The number of carbonyl (C=O) groups is 2. The second-order valence-corrected chi connectivity index (χ2v) is 9.33. The minimum Gasteiger partial charge on any atom is -0.368 e. The lowest BCUT2D eigenvalue weighted by atomic mass is 10.0. The van der Waals surface area contributed by atoms with Crippen molar-refractivity contribution in [2.45, 2.75) is 12.5 Å². The van der Waals surface area contributed by atoms with Crippen LogP contribution in [0, 0.1) is 5.82 Å². The fourth-order valence-corrected chi connectivity index (χ4v) is 4.30. The summed E-state index contributed by atoms with van der Waals surface area (Å²) in [4.78, 5) is 30.5. The van der Waals surface area contributed by atoms with Gasteiger partial charge in [-0.2, -0.15) is 0 Å². The Bertz CT molecular complexity index is 1210. The summed E-state index contributed by atoms with van der Waals surface area (Å²) in [6, 6.07) is 19.8. The largest absolute Gasteiger partial charge is 0.368 e. The molecular formula is C28H31FN4O2. The van der Waals surface area contributed by atoms with E-state index in [4.69, 9.17) is 0 Å². The number of hydrogen-bond acceptors (Lipinski definition) is 4. The fourth-order valence-electron chi connectivity index (χ4n) is 4.30. The van der Waals surface area contributed by atoms with Crippen molar-refractivity contribution in [3.8, 4) is 11.1 Å². The molecular weight excluding hydrogens is 443 g/mol. The van der Waals surface area contributed by atoms with Crippen LogP contribution in [-0.2, 0) is 0 Å². The first-order valence-electron chi connectivity index (χ1n) is 11.7. The highest BCUT2D eigenvalue weighted by molar-refractivity contribution is 6.04. The molecule has 0 spiro atoms. The first-order valence-corrected chi connectivity index (χ1v) is 11.7. The van der Waals surface area contributed by atoms with Crippen molar-refractivity contribution in [3.63, 3.8) is 0 Å². The molecule has 1 saturated heterocycles. The van der Waals surface area contributed by atoms with Crippen LogP contribution < -0.4 is 10.2 Å². The Morgan fingerprint density at radius 3 is 2.00 bits per heavy atom. The summed E-state index contributed by atoms with van der Waals surface area (Å²) in [6.45, 7) is 1.60. The lowest BCUT2D eigenvalue weighted by Crippen LogP contribution is -2.31. The summed E-state index contributed by atoms with van der Waals surface area (Å²) in [5.41, 5.74) is 3.96.